The smallest absolute Gasteiger partial charge is 0.323 e. The highest BCUT2D eigenvalue weighted by Gasteiger charge is 2.37. The molecule has 0 bridgehead atoms. The zero-order valence-corrected chi connectivity index (χ0v) is 13.2. The van der Waals surface area contributed by atoms with Gasteiger partial charge in [0.1, 0.15) is 6.04 Å². The van der Waals surface area contributed by atoms with Crippen LogP contribution in [0.4, 0.5) is 0 Å². The number of ether oxygens (including phenoxy) is 1. The van der Waals surface area contributed by atoms with Gasteiger partial charge in [0.05, 0.1) is 6.61 Å². The fraction of sp³-hybridized carbons (Fsp3) is 0.611. The summed E-state index contributed by atoms with van der Waals surface area (Å²) in [5.41, 5.74) is 1.36. The number of hydrogen-bond donors (Lipinski definition) is 1. The van der Waals surface area contributed by atoms with Crippen LogP contribution in [0.2, 0.25) is 0 Å². The van der Waals surface area contributed by atoms with E-state index in [1.807, 2.05) is 13.0 Å². The second-order valence-electron chi connectivity index (χ2n) is 5.91. The molecular weight excluding hydrogens is 262 g/mol. The zero-order valence-electron chi connectivity index (χ0n) is 13.2. The Kier molecular flexibility index (Phi) is 6.24. The van der Waals surface area contributed by atoms with Crippen LogP contribution in [0.5, 0.6) is 0 Å². The molecule has 0 aliphatic carbocycles. The van der Waals surface area contributed by atoms with Crippen molar-refractivity contribution in [1.29, 1.82) is 0 Å². The molecule has 1 saturated heterocycles. The largest absolute Gasteiger partial charge is 0.465 e. The maximum Gasteiger partial charge on any atom is 0.323 e. The summed E-state index contributed by atoms with van der Waals surface area (Å²) in [4.78, 5) is 12.0. The summed E-state index contributed by atoms with van der Waals surface area (Å²) in [5.74, 6) is 0.433. The van der Waals surface area contributed by atoms with Crippen LogP contribution >= 0.6 is 0 Å². The molecule has 1 fully saturated rings. The summed E-state index contributed by atoms with van der Waals surface area (Å²) in [6.07, 6.45) is 5.48. The Bertz CT molecular complexity index is 432. The molecule has 0 aromatic heterocycles. The summed E-state index contributed by atoms with van der Waals surface area (Å²) in [7, 11) is 0. The van der Waals surface area contributed by atoms with E-state index in [0.717, 1.165) is 19.3 Å². The Morgan fingerprint density at radius 3 is 2.71 bits per heavy atom. The molecule has 1 aliphatic rings. The molecular formula is C18H27NO2. The van der Waals surface area contributed by atoms with Gasteiger partial charge in [-0.25, -0.2) is 0 Å². The number of carbonyl (C=O) groups excluding carboxylic acids is 1. The van der Waals surface area contributed by atoms with Crippen LogP contribution in [-0.2, 0) is 16.0 Å². The third-order valence-electron chi connectivity index (χ3n) is 4.30. The predicted octanol–water partition coefficient (Wildman–Crippen LogP) is 3.33. The van der Waals surface area contributed by atoms with Crippen LogP contribution in [0.15, 0.2) is 30.3 Å². The minimum Gasteiger partial charge on any atom is -0.465 e. The average molecular weight is 289 g/mol. The highest BCUT2D eigenvalue weighted by molar-refractivity contribution is 5.76. The van der Waals surface area contributed by atoms with Crippen LogP contribution in [0, 0.1) is 5.92 Å². The van der Waals surface area contributed by atoms with E-state index in [0.29, 0.717) is 18.6 Å². The normalized spacial score (nSPS) is 25.0. The molecule has 3 atom stereocenters. The van der Waals surface area contributed by atoms with Crippen molar-refractivity contribution in [3.05, 3.63) is 35.9 Å². The fourth-order valence-electron chi connectivity index (χ4n) is 3.22. The van der Waals surface area contributed by atoms with E-state index < -0.39 is 0 Å². The molecule has 0 amide bonds. The summed E-state index contributed by atoms with van der Waals surface area (Å²) >= 11 is 0. The molecule has 0 radical (unpaired) electrons. The monoisotopic (exact) mass is 289 g/mol. The van der Waals surface area contributed by atoms with Crippen molar-refractivity contribution < 1.29 is 9.53 Å². The Labute approximate surface area is 128 Å². The van der Waals surface area contributed by atoms with E-state index in [4.69, 9.17) is 4.74 Å². The van der Waals surface area contributed by atoms with Gasteiger partial charge in [0.25, 0.3) is 0 Å². The lowest BCUT2D eigenvalue weighted by Gasteiger charge is -2.19. The van der Waals surface area contributed by atoms with Gasteiger partial charge < -0.3 is 10.1 Å². The van der Waals surface area contributed by atoms with Crippen molar-refractivity contribution in [3.63, 3.8) is 0 Å². The standard InChI is InChI=1S/C18H27NO2/c1-3-5-11-16-15(12-14-9-7-6-8-10-14)13-17(19-16)18(20)21-4-2/h6-10,15-17,19H,3-5,11-13H2,1-2H3/t15-,16+,17+/m1/s1. The quantitative estimate of drug-likeness (QED) is 0.783. The molecule has 0 saturated carbocycles. The number of benzene rings is 1. The maximum atomic E-state index is 12.0. The highest BCUT2D eigenvalue weighted by atomic mass is 16.5. The fourth-order valence-corrected chi connectivity index (χ4v) is 3.22. The molecule has 0 unspecified atom stereocenters. The van der Waals surface area contributed by atoms with Gasteiger partial charge in [-0.1, -0.05) is 50.1 Å². The summed E-state index contributed by atoms with van der Waals surface area (Å²) in [5, 5.41) is 3.51. The summed E-state index contributed by atoms with van der Waals surface area (Å²) < 4.78 is 5.18. The predicted molar refractivity (Wildman–Crippen MR) is 85.1 cm³/mol. The Morgan fingerprint density at radius 2 is 2.05 bits per heavy atom. The molecule has 1 aromatic rings. The lowest BCUT2D eigenvalue weighted by molar-refractivity contribution is -0.145. The topological polar surface area (TPSA) is 38.3 Å². The first-order chi connectivity index (χ1) is 10.2. The zero-order chi connectivity index (χ0) is 15.1. The molecule has 0 spiro atoms. The lowest BCUT2D eigenvalue weighted by Crippen LogP contribution is -2.37. The van der Waals surface area contributed by atoms with Crippen LogP contribution in [-0.4, -0.2) is 24.7 Å². The first-order valence-corrected chi connectivity index (χ1v) is 8.21. The van der Waals surface area contributed by atoms with E-state index in [9.17, 15) is 4.79 Å². The Morgan fingerprint density at radius 1 is 1.29 bits per heavy atom. The number of unbranched alkanes of at least 4 members (excludes halogenated alkanes) is 1. The van der Waals surface area contributed by atoms with Crippen molar-refractivity contribution >= 4 is 5.97 Å². The van der Waals surface area contributed by atoms with E-state index in [1.165, 1.54) is 18.4 Å². The van der Waals surface area contributed by atoms with Crippen molar-refractivity contribution in [3.8, 4) is 0 Å². The van der Waals surface area contributed by atoms with Crippen molar-refractivity contribution in [2.45, 2.75) is 58.0 Å². The molecule has 21 heavy (non-hydrogen) atoms. The summed E-state index contributed by atoms with van der Waals surface area (Å²) in [6.45, 7) is 4.53. The van der Waals surface area contributed by atoms with Crippen molar-refractivity contribution in [2.24, 2.45) is 5.92 Å². The van der Waals surface area contributed by atoms with Gasteiger partial charge >= 0.3 is 5.97 Å². The van der Waals surface area contributed by atoms with Gasteiger partial charge in [0, 0.05) is 6.04 Å². The molecule has 3 nitrogen and oxygen atoms in total. The molecule has 1 aromatic carbocycles. The van der Waals surface area contributed by atoms with Gasteiger partial charge in [0.15, 0.2) is 0 Å². The first kappa shape index (κ1) is 16.0. The second-order valence-corrected chi connectivity index (χ2v) is 5.91. The molecule has 1 heterocycles. The minimum absolute atomic E-state index is 0.0884. The number of hydrogen-bond acceptors (Lipinski definition) is 3. The summed E-state index contributed by atoms with van der Waals surface area (Å²) in [6, 6.07) is 10.9. The molecule has 3 heteroatoms. The Balaban J connectivity index is 1.99. The van der Waals surface area contributed by atoms with E-state index in [2.05, 4.69) is 36.5 Å². The SMILES string of the molecule is CCCC[C@@H]1N[C@H](C(=O)OCC)C[C@H]1Cc1ccccc1. The van der Waals surface area contributed by atoms with Crippen molar-refractivity contribution in [1.82, 2.24) is 5.32 Å². The highest BCUT2D eigenvalue weighted by Crippen LogP contribution is 2.28. The molecule has 2 rings (SSSR count). The van der Waals surface area contributed by atoms with Gasteiger partial charge in [0.2, 0.25) is 0 Å². The van der Waals surface area contributed by atoms with Crippen LogP contribution in [0.3, 0.4) is 0 Å². The number of nitrogens with one attached hydrogen (secondary N) is 1. The van der Waals surface area contributed by atoms with E-state index in [1.54, 1.807) is 0 Å². The molecule has 116 valence electrons. The lowest BCUT2D eigenvalue weighted by atomic mass is 9.89. The second kappa shape index (κ2) is 8.18. The third kappa shape index (κ3) is 4.57. The van der Waals surface area contributed by atoms with Crippen LogP contribution < -0.4 is 5.32 Å². The number of esters is 1. The first-order valence-electron chi connectivity index (χ1n) is 8.21. The average Bonchev–Trinajstić information content (AvgIpc) is 2.89. The van der Waals surface area contributed by atoms with Gasteiger partial charge in [-0.3, -0.25) is 4.79 Å². The third-order valence-corrected chi connectivity index (χ3v) is 4.30. The minimum atomic E-state index is -0.125. The molecule has 1 aliphatic heterocycles. The van der Waals surface area contributed by atoms with Crippen LogP contribution in [0.1, 0.15) is 45.1 Å². The number of rotatable bonds is 7. The molecule has 1 N–H and O–H groups in total. The van der Waals surface area contributed by atoms with Gasteiger partial charge in [-0.2, -0.15) is 0 Å². The van der Waals surface area contributed by atoms with E-state index >= 15 is 0 Å². The van der Waals surface area contributed by atoms with Gasteiger partial charge in [-0.05, 0) is 37.7 Å². The Hall–Kier alpha value is -1.35. The van der Waals surface area contributed by atoms with Gasteiger partial charge in [-0.15, -0.1) is 0 Å². The number of carbonyl (C=O) groups is 1. The van der Waals surface area contributed by atoms with Crippen molar-refractivity contribution in [2.75, 3.05) is 6.61 Å². The van der Waals surface area contributed by atoms with Crippen LogP contribution in [0.25, 0.3) is 0 Å². The maximum absolute atomic E-state index is 12.0. The van der Waals surface area contributed by atoms with E-state index in [-0.39, 0.29) is 12.0 Å².